The van der Waals surface area contributed by atoms with Crippen LogP contribution in [0.4, 0.5) is 11.5 Å². The van der Waals surface area contributed by atoms with E-state index in [1.807, 2.05) is 0 Å². The van der Waals surface area contributed by atoms with Gasteiger partial charge in [-0.1, -0.05) is 0 Å². The molecule has 21 heavy (non-hydrogen) atoms. The average molecular weight is 305 g/mol. The Morgan fingerprint density at radius 3 is 2.33 bits per heavy atom. The van der Waals surface area contributed by atoms with Gasteiger partial charge in [0.2, 0.25) is 0 Å². The van der Waals surface area contributed by atoms with E-state index in [-0.39, 0.29) is 16.6 Å². The maximum absolute atomic E-state index is 12.1. The van der Waals surface area contributed by atoms with E-state index in [9.17, 15) is 13.2 Å². The van der Waals surface area contributed by atoms with E-state index < -0.39 is 9.84 Å². The summed E-state index contributed by atoms with van der Waals surface area (Å²) in [6.07, 6.45) is 1.13. The van der Waals surface area contributed by atoms with Gasteiger partial charge in [0.1, 0.15) is 5.82 Å². The molecule has 2 aromatic rings. The summed E-state index contributed by atoms with van der Waals surface area (Å²) in [5.41, 5.74) is 7.14. The van der Waals surface area contributed by atoms with Crippen molar-refractivity contribution in [2.45, 2.75) is 11.8 Å². The second kappa shape index (κ2) is 5.53. The third-order valence-corrected chi connectivity index (χ3v) is 3.90. The summed E-state index contributed by atoms with van der Waals surface area (Å²) in [6, 6.07) is 9.05. The van der Waals surface area contributed by atoms with Crippen LogP contribution in [0.5, 0.6) is 0 Å². The van der Waals surface area contributed by atoms with Crippen molar-refractivity contribution in [2.24, 2.45) is 0 Å². The predicted octanol–water partition coefficient (Wildman–Crippen LogP) is 1.63. The number of pyridine rings is 1. The highest BCUT2D eigenvalue weighted by Crippen LogP contribution is 2.15. The van der Waals surface area contributed by atoms with Gasteiger partial charge in [-0.3, -0.25) is 4.79 Å². The number of carbonyl (C=O) groups excluding carboxylic acids is 1. The van der Waals surface area contributed by atoms with Crippen molar-refractivity contribution < 1.29 is 13.2 Å². The van der Waals surface area contributed by atoms with E-state index in [0.717, 1.165) is 6.26 Å². The molecular weight excluding hydrogens is 290 g/mol. The standard InChI is InChI=1S/C14H15N3O3S/c1-9-7-10(8-13(15)16-9)14(18)17-11-3-5-12(6-4-11)21(2,19)20/h3-8H,1-2H3,(H2,15,16)(H,17,18). The van der Waals surface area contributed by atoms with Crippen molar-refractivity contribution in [1.82, 2.24) is 4.98 Å². The van der Waals surface area contributed by atoms with Gasteiger partial charge in [0.25, 0.3) is 5.91 Å². The lowest BCUT2D eigenvalue weighted by Gasteiger charge is -2.07. The number of amides is 1. The number of aromatic nitrogens is 1. The fourth-order valence-electron chi connectivity index (χ4n) is 1.81. The number of nitrogens with zero attached hydrogens (tertiary/aromatic N) is 1. The lowest BCUT2D eigenvalue weighted by atomic mass is 10.2. The van der Waals surface area contributed by atoms with Crippen LogP contribution in [-0.4, -0.2) is 25.6 Å². The van der Waals surface area contributed by atoms with E-state index in [1.54, 1.807) is 13.0 Å². The second-order valence-electron chi connectivity index (χ2n) is 4.67. The SMILES string of the molecule is Cc1cc(C(=O)Nc2ccc(S(C)(=O)=O)cc2)cc(N)n1. The molecule has 110 valence electrons. The van der Waals surface area contributed by atoms with Gasteiger partial charge >= 0.3 is 0 Å². The smallest absolute Gasteiger partial charge is 0.255 e. The van der Waals surface area contributed by atoms with E-state index >= 15 is 0 Å². The van der Waals surface area contributed by atoms with Crippen molar-refractivity contribution in [2.75, 3.05) is 17.3 Å². The van der Waals surface area contributed by atoms with Gasteiger partial charge in [-0.05, 0) is 43.3 Å². The van der Waals surface area contributed by atoms with Crippen molar-refractivity contribution in [3.63, 3.8) is 0 Å². The molecule has 1 heterocycles. The van der Waals surface area contributed by atoms with Crippen LogP contribution in [0.15, 0.2) is 41.3 Å². The molecule has 3 N–H and O–H groups in total. The minimum Gasteiger partial charge on any atom is -0.384 e. The van der Waals surface area contributed by atoms with Gasteiger partial charge in [-0.15, -0.1) is 0 Å². The number of carbonyl (C=O) groups is 1. The number of nitrogens with two attached hydrogens (primary N) is 1. The number of benzene rings is 1. The van der Waals surface area contributed by atoms with Crippen molar-refractivity contribution in [3.8, 4) is 0 Å². The Bertz CT molecular complexity index is 763. The van der Waals surface area contributed by atoms with Crippen molar-refractivity contribution in [3.05, 3.63) is 47.7 Å². The van der Waals surface area contributed by atoms with E-state index in [4.69, 9.17) is 5.73 Å². The first kappa shape index (κ1) is 15.0. The molecule has 0 spiro atoms. The molecule has 1 aromatic carbocycles. The molecule has 1 amide bonds. The molecule has 1 aromatic heterocycles. The van der Waals surface area contributed by atoms with Gasteiger partial charge in [-0.25, -0.2) is 13.4 Å². The summed E-state index contributed by atoms with van der Waals surface area (Å²) in [6.45, 7) is 1.74. The molecule has 0 saturated carbocycles. The zero-order valence-corrected chi connectivity index (χ0v) is 12.4. The summed E-state index contributed by atoms with van der Waals surface area (Å²) in [7, 11) is -3.25. The summed E-state index contributed by atoms with van der Waals surface area (Å²) in [5.74, 6) is -0.0631. The maximum atomic E-state index is 12.1. The monoisotopic (exact) mass is 305 g/mol. The maximum Gasteiger partial charge on any atom is 0.255 e. The predicted molar refractivity (Wildman–Crippen MR) is 80.9 cm³/mol. The van der Waals surface area contributed by atoms with E-state index in [2.05, 4.69) is 10.3 Å². The highest BCUT2D eigenvalue weighted by atomic mass is 32.2. The van der Waals surface area contributed by atoms with Crippen molar-refractivity contribution >= 4 is 27.2 Å². The Kier molecular flexibility index (Phi) is 3.95. The van der Waals surface area contributed by atoms with E-state index in [1.165, 1.54) is 30.3 Å². The first-order chi connectivity index (χ1) is 9.75. The molecule has 0 aliphatic carbocycles. The highest BCUT2D eigenvalue weighted by Gasteiger charge is 2.10. The van der Waals surface area contributed by atoms with E-state index in [0.29, 0.717) is 16.9 Å². The van der Waals surface area contributed by atoms with Crippen LogP contribution in [-0.2, 0) is 9.84 Å². The molecular formula is C14H15N3O3S. The number of nitrogen functional groups attached to an aromatic ring is 1. The highest BCUT2D eigenvalue weighted by molar-refractivity contribution is 7.90. The quantitative estimate of drug-likeness (QED) is 0.897. The Balaban J connectivity index is 2.20. The molecule has 0 bridgehead atoms. The lowest BCUT2D eigenvalue weighted by Crippen LogP contribution is -2.13. The lowest BCUT2D eigenvalue weighted by molar-refractivity contribution is 0.102. The van der Waals surface area contributed by atoms with Crippen LogP contribution in [0.25, 0.3) is 0 Å². The molecule has 0 radical (unpaired) electrons. The normalized spacial score (nSPS) is 11.1. The third-order valence-electron chi connectivity index (χ3n) is 2.78. The number of hydrogen-bond donors (Lipinski definition) is 2. The van der Waals surface area contributed by atoms with Gasteiger partial charge in [0.05, 0.1) is 4.90 Å². The van der Waals surface area contributed by atoms with Gasteiger partial charge in [0, 0.05) is 23.2 Å². The number of anilines is 2. The van der Waals surface area contributed by atoms with Crippen LogP contribution < -0.4 is 11.1 Å². The number of nitrogens with one attached hydrogen (secondary N) is 1. The van der Waals surface area contributed by atoms with Gasteiger partial charge < -0.3 is 11.1 Å². The molecule has 0 unspecified atom stereocenters. The molecule has 7 heteroatoms. The molecule has 0 aliphatic rings. The Hall–Kier alpha value is -2.41. The first-order valence-corrected chi connectivity index (χ1v) is 8.00. The summed E-state index contributed by atoms with van der Waals surface area (Å²) in [5, 5.41) is 2.67. The second-order valence-corrected chi connectivity index (χ2v) is 6.69. The van der Waals surface area contributed by atoms with Crippen LogP contribution >= 0.6 is 0 Å². The zero-order chi connectivity index (χ0) is 15.6. The van der Waals surface area contributed by atoms with Crippen LogP contribution in [0.1, 0.15) is 16.1 Å². The number of rotatable bonds is 3. The molecule has 6 nitrogen and oxygen atoms in total. The minimum atomic E-state index is -3.25. The first-order valence-electron chi connectivity index (χ1n) is 6.11. The average Bonchev–Trinajstić information content (AvgIpc) is 2.37. The zero-order valence-electron chi connectivity index (χ0n) is 11.6. The summed E-state index contributed by atoms with van der Waals surface area (Å²) >= 11 is 0. The molecule has 0 saturated heterocycles. The molecule has 0 aliphatic heterocycles. The fraction of sp³-hybridized carbons (Fsp3) is 0.143. The largest absolute Gasteiger partial charge is 0.384 e. The molecule has 0 atom stereocenters. The van der Waals surface area contributed by atoms with Crippen LogP contribution in [0, 0.1) is 6.92 Å². The summed E-state index contributed by atoms with van der Waals surface area (Å²) < 4.78 is 22.7. The van der Waals surface area contributed by atoms with Gasteiger partial charge in [-0.2, -0.15) is 0 Å². The fourth-order valence-corrected chi connectivity index (χ4v) is 2.44. The van der Waals surface area contributed by atoms with Gasteiger partial charge in [0.15, 0.2) is 9.84 Å². The Morgan fingerprint density at radius 1 is 1.19 bits per heavy atom. The molecule has 0 fully saturated rings. The minimum absolute atomic E-state index is 0.199. The Labute approximate surface area is 122 Å². The summed E-state index contributed by atoms with van der Waals surface area (Å²) in [4.78, 5) is 16.3. The molecule has 2 rings (SSSR count). The number of sulfone groups is 1. The number of hydrogen-bond acceptors (Lipinski definition) is 5. The van der Waals surface area contributed by atoms with Crippen LogP contribution in [0.3, 0.4) is 0 Å². The third kappa shape index (κ3) is 3.79. The topological polar surface area (TPSA) is 102 Å². The Morgan fingerprint density at radius 2 is 1.81 bits per heavy atom. The van der Waals surface area contributed by atoms with Crippen LogP contribution in [0.2, 0.25) is 0 Å². The van der Waals surface area contributed by atoms with Crippen molar-refractivity contribution in [1.29, 1.82) is 0 Å². The number of aryl methyl sites for hydroxylation is 1.